The Balaban J connectivity index is 1.80. The summed E-state index contributed by atoms with van der Waals surface area (Å²) in [5.74, 6) is -0.942. The second-order valence-corrected chi connectivity index (χ2v) is 10.9. The number of aliphatic carboxylic acids is 1. The summed E-state index contributed by atoms with van der Waals surface area (Å²) in [7, 11) is 0. The van der Waals surface area contributed by atoms with E-state index < -0.39 is 33.9 Å². The third-order valence-electron chi connectivity index (χ3n) is 9.87. The fourth-order valence-electron chi connectivity index (χ4n) is 8.02. The van der Waals surface area contributed by atoms with Gasteiger partial charge in [0, 0.05) is 16.4 Å². The first kappa shape index (κ1) is 21.6. The Kier molecular flexibility index (Phi) is 4.82. The van der Waals surface area contributed by atoms with Gasteiger partial charge in [-0.2, -0.15) is 0 Å². The minimum absolute atomic E-state index is 0.0917. The molecule has 4 saturated carbocycles. The molecule has 4 aliphatic rings. The van der Waals surface area contributed by atoms with Crippen LogP contribution in [0.1, 0.15) is 79.1 Å². The molecule has 0 unspecified atom stereocenters. The van der Waals surface area contributed by atoms with Crippen LogP contribution in [-0.4, -0.2) is 33.9 Å². The minimum Gasteiger partial charge on any atom is -0.481 e. The summed E-state index contributed by atoms with van der Waals surface area (Å²) in [6.45, 7) is 11.8. The van der Waals surface area contributed by atoms with Gasteiger partial charge in [-0.05, 0) is 83.1 Å². The number of aliphatic hydroxyl groups is 1. The lowest BCUT2D eigenvalue weighted by atomic mass is 9.38. The third kappa shape index (κ3) is 2.44. The number of esters is 1. The first-order valence-corrected chi connectivity index (χ1v) is 11.5. The lowest BCUT2D eigenvalue weighted by Gasteiger charge is -2.68. The lowest BCUT2D eigenvalue weighted by molar-refractivity contribution is -0.278. The highest BCUT2D eigenvalue weighted by Crippen LogP contribution is 2.74. The lowest BCUT2D eigenvalue weighted by Crippen LogP contribution is -2.71. The molecule has 0 aromatic carbocycles. The van der Waals surface area contributed by atoms with E-state index in [1.54, 1.807) is 13.0 Å². The van der Waals surface area contributed by atoms with Crippen LogP contribution < -0.4 is 0 Å². The number of allylic oxidation sites excluding steroid dienone is 1. The maximum absolute atomic E-state index is 12.7. The molecular formula is C25H36O5. The highest BCUT2D eigenvalue weighted by molar-refractivity contribution is 5.88. The highest BCUT2D eigenvalue weighted by Gasteiger charge is 2.75. The normalized spacial score (nSPS) is 48.0. The molecule has 4 rings (SSSR count). The van der Waals surface area contributed by atoms with E-state index in [0.717, 1.165) is 37.7 Å². The van der Waals surface area contributed by atoms with E-state index in [-0.39, 0.29) is 17.8 Å². The topological polar surface area (TPSA) is 83.8 Å². The zero-order chi connectivity index (χ0) is 22.1. The van der Waals surface area contributed by atoms with E-state index in [2.05, 4.69) is 13.5 Å². The molecule has 30 heavy (non-hydrogen) atoms. The number of hydrogen-bond acceptors (Lipinski definition) is 4. The zero-order valence-electron chi connectivity index (χ0n) is 18.8. The molecule has 0 aromatic heterocycles. The first-order chi connectivity index (χ1) is 14.0. The molecule has 7 atom stereocenters. The summed E-state index contributed by atoms with van der Waals surface area (Å²) in [5.41, 5.74) is -1.50. The van der Waals surface area contributed by atoms with Gasteiger partial charge in [-0.25, -0.2) is 4.79 Å². The van der Waals surface area contributed by atoms with Gasteiger partial charge in [0.1, 0.15) is 6.10 Å². The molecule has 0 amide bonds. The molecular weight excluding hydrogens is 380 g/mol. The molecule has 5 nitrogen and oxygen atoms in total. The van der Waals surface area contributed by atoms with Crippen LogP contribution in [0, 0.1) is 28.1 Å². The predicted octanol–water partition coefficient (Wildman–Crippen LogP) is 4.64. The molecule has 0 aromatic rings. The SMILES string of the molecule is C=C1[C@@H]2CC[C@@]3(O)[C@](CC[C@@H]4[C@]3(C)CCC[C@]4(C)C(=O)O)(C2)[C@@H]1OC(=O)/C(C)=C\C. The summed E-state index contributed by atoms with van der Waals surface area (Å²) in [5, 5.41) is 22.6. The number of carbonyl (C=O) groups excluding carboxylic acids is 1. The van der Waals surface area contributed by atoms with E-state index in [9.17, 15) is 19.8 Å². The Labute approximate surface area is 179 Å². The number of ether oxygens (including phenoxy) is 1. The average molecular weight is 417 g/mol. The van der Waals surface area contributed by atoms with Crippen molar-refractivity contribution in [1.82, 2.24) is 0 Å². The summed E-state index contributed by atoms with van der Waals surface area (Å²) in [6.07, 6.45) is 7.12. The van der Waals surface area contributed by atoms with E-state index in [1.807, 2.05) is 13.8 Å². The van der Waals surface area contributed by atoms with Crippen LogP contribution in [0.3, 0.4) is 0 Å². The fraction of sp³-hybridized carbons (Fsp3) is 0.760. The van der Waals surface area contributed by atoms with Crippen LogP contribution in [0.2, 0.25) is 0 Å². The fourth-order valence-corrected chi connectivity index (χ4v) is 8.02. The van der Waals surface area contributed by atoms with Crippen LogP contribution in [0.4, 0.5) is 0 Å². The molecule has 5 heteroatoms. The number of rotatable bonds is 3. The maximum Gasteiger partial charge on any atom is 0.333 e. The standard InChI is InChI=1S/C25H36O5/c1-6-15(2)20(26)30-19-16(3)17-8-13-25(29)23(5)11-7-10-22(4,21(27)28)18(23)9-12-24(19,25)14-17/h6,17-19,29H,3,7-14H2,1-2,4-5H3,(H,27,28)/b15-6-/t17-,18+,19-,22+,23+,24-,25+/m1/s1. The molecule has 0 aliphatic heterocycles. The van der Waals surface area contributed by atoms with Crippen LogP contribution in [0.15, 0.2) is 23.8 Å². The van der Waals surface area contributed by atoms with Gasteiger partial charge in [-0.1, -0.05) is 26.0 Å². The molecule has 166 valence electrons. The molecule has 4 fully saturated rings. The van der Waals surface area contributed by atoms with Crippen molar-refractivity contribution < 1.29 is 24.5 Å². The molecule has 2 bridgehead atoms. The predicted molar refractivity (Wildman–Crippen MR) is 114 cm³/mol. The molecule has 0 heterocycles. The monoisotopic (exact) mass is 416 g/mol. The Morgan fingerprint density at radius 2 is 1.87 bits per heavy atom. The zero-order valence-corrected chi connectivity index (χ0v) is 18.8. The van der Waals surface area contributed by atoms with Gasteiger partial charge >= 0.3 is 11.9 Å². The number of carboxylic acids is 1. The van der Waals surface area contributed by atoms with E-state index in [0.29, 0.717) is 24.8 Å². The number of carboxylic acid groups (broad SMARTS) is 1. The van der Waals surface area contributed by atoms with Gasteiger partial charge in [0.25, 0.3) is 0 Å². The molecule has 0 radical (unpaired) electrons. The van der Waals surface area contributed by atoms with Crippen molar-refractivity contribution in [3.05, 3.63) is 23.8 Å². The Morgan fingerprint density at radius 1 is 1.17 bits per heavy atom. The second-order valence-electron chi connectivity index (χ2n) is 10.9. The second kappa shape index (κ2) is 6.69. The van der Waals surface area contributed by atoms with Crippen LogP contribution >= 0.6 is 0 Å². The van der Waals surface area contributed by atoms with Gasteiger partial charge in [0.05, 0.1) is 11.0 Å². The van der Waals surface area contributed by atoms with Gasteiger partial charge in [-0.3, -0.25) is 4.79 Å². The smallest absolute Gasteiger partial charge is 0.333 e. The van der Waals surface area contributed by atoms with Crippen molar-refractivity contribution in [1.29, 1.82) is 0 Å². The van der Waals surface area contributed by atoms with E-state index >= 15 is 0 Å². The van der Waals surface area contributed by atoms with Crippen molar-refractivity contribution in [2.45, 2.75) is 90.8 Å². The van der Waals surface area contributed by atoms with E-state index in [1.165, 1.54) is 0 Å². The van der Waals surface area contributed by atoms with Crippen molar-refractivity contribution in [3.63, 3.8) is 0 Å². The van der Waals surface area contributed by atoms with Crippen molar-refractivity contribution >= 4 is 11.9 Å². The number of fused-ring (bicyclic) bond motifs is 3. The van der Waals surface area contributed by atoms with Crippen LogP contribution in [0.25, 0.3) is 0 Å². The quantitative estimate of drug-likeness (QED) is 0.398. The summed E-state index contributed by atoms with van der Waals surface area (Å²) < 4.78 is 6.06. The first-order valence-electron chi connectivity index (χ1n) is 11.5. The third-order valence-corrected chi connectivity index (χ3v) is 9.87. The minimum atomic E-state index is -1.06. The Bertz CT molecular complexity index is 829. The number of carbonyl (C=O) groups is 2. The average Bonchev–Trinajstić information content (AvgIpc) is 2.92. The van der Waals surface area contributed by atoms with Gasteiger partial charge in [0.2, 0.25) is 0 Å². The molecule has 1 spiro atoms. The van der Waals surface area contributed by atoms with Crippen molar-refractivity contribution in [3.8, 4) is 0 Å². The van der Waals surface area contributed by atoms with Gasteiger partial charge in [0.15, 0.2) is 0 Å². The molecule has 0 saturated heterocycles. The van der Waals surface area contributed by atoms with Crippen molar-refractivity contribution in [2.24, 2.45) is 28.1 Å². The Morgan fingerprint density at radius 3 is 2.50 bits per heavy atom. The van der Waals surface area contributed by atoms with Crippen LogP contribution in [0.5, 0.6) is 0 Å². The van der Waals surface area contributed by atoms with Crippen LogP contribution in [-0.2, 0) is 14.3 Å². The largest absolute Gasteiger partial charge is 0.481 e. The summed E-state index contributed by atoms with van der Waals surface area (Å²) in [4.78, 5) is 25.0. The molecule has 4 aliphatic carbocycles. The van der Waals surface area contributed by atoms with Crippen molar-refractivity contribution in [2.75, 3.05) is 0 Å². The van der Waals surface area contributed by atoms with Gasteiger partial charge < -0.3 is 14.9 Å². The highest BCUT2D eigenvalue weighted by atomic mass is 16.5. The molecule has 2 N–H and O–H groups in total. The summed E-state index contributed by atoms with van der Waals surface area (Å²) >= 11 is 0. The summed E-state index contributed by atoms with van der Waals surface area (Å²) in [6, 6.07) is 0. The Hall–Kier alpha value is -1.62. The maximum atomic E-state index is 12.7. The van der Waals surface area contributed by atoms with E-state index in [4.69, 9.17) is 4.74 Å². The van der Waals surface area contributed by atoms with Gasteiger partial charge in [-0.15, -0.1) is 0 Å². The number of hydrogen-bond donors (Lipinski definition) is 2.